The monoisotopic (exact) mass is 419 g/mol. The maximum absolute atomic E-state index is 13.6. The number of fused-ring (bicyclic) bond motifs is 1. The van der Waals surface area contributed by atoms with Gasteiger partial charge in [0.05, 0.1) is 11.1 Å². The standard InChI is InChI=1S/C23H22FN5O2/c1-2-6-21(30)29-11-10-17(14-29)28-23-18-13-16(27-22(18)25-15-26-23)7-5-12-31-20-9-4-3-8-19(20)24/h2-4,6,8-9,13,15,17H,10-12,14H2,1H3,(H2,25,26,27,28)/t17-/m1/s1. The lowest BCUT2D eigenvalue weighted by molar-refractivity contribution is -0.125. The lowest BCUT2D eigenvalue weighted by Gasteiger charge is -2.16. The zero-order valence-electron chi connectivity index (χ0n) is 17.1. The van der Waals surface area contributed by atoms with Crippen molar-refractivity contribution in [2.75, 3.05) is 25.0 Å². The summed E-state index contributed by atoms with van der Waals surface area (Å²) in [7, 11) is 0. The molecule has 1 aliphatic rings. The number of amides is 1. The van der Waals surface area contributed by atoms with Gasteiger partial charge in [-0.25, -0.2) is 14.4 Å². The predicted octanol–water partition coefficient (Wildman–Crippen LogP) is 3.12. The molecule has 158 valence electrons. The first kappa shape index (κ1) is 20.4. The molecular weight excluding hydrogens is 397 g/mol. The molecule has 1 saturated heterocycles. The SMILES string of the molecule is CC=CC(=O)N1CC[C@@H](Nc2ncnc3[nH]c(C#CCOc4ccccc4F)cc23)C1. The number of carbonyl (C=O) groups is 1. The summed E-state index contributed by atoms with van der Waals surface area (Å²) in [4.78, 5) is 25.6. The van der Waals surface area contributed by atoms with Crippen LogP contribution in [0.4, 0.5) is 10.2 Å². The van der Waals surface area contributed by atoms with Gasteiger partial charge >= 0.3 is 0 Å². The zero-order chi connectivity index (χ0) is 21.6. The molecular formula is C23H22FN5O2. The number of rotatable bonds is 5. The Kier molecular flexibility index (Phi) is 6.13. The van der Waals surface area contributed by atoms with E-state index < -0.39 is 5.82 Å². The molecule has 1 fully saturated rings. The number of aromatic amines is 1. The number of nitrogens with one attached hydrogen (secondary N) is 2. The van der Waals surface area contributed by atoms with Crippen molar-refractivity contribution in [2.24, 2.45) is 0 Å². The molecule has 0 bridgehead atoms. The zero-order valence-corrected chi connectivity index (χ0v) is 17.1. The van der Waals surface area contributed by atoms with Gasteiger partial charge in [0.2, 0.25) is 5.91 Å². The topological polar surface area (TPSA) is 83.1 Å². The van der Waals surface area contributed by atoms with Gasteiger partial charge in [0.1, 0.15) is 24.4 Å². The van der Waals surface area contributed by atoms with Crippen LogP contribution < -0.4 is 10.1 Å². The van der Waals surface area contributed by atoms with Gasteiger partial charge in [-0.1, -0.05) is 24.1 Å². The van der Waals surface area contributed by atoms with E-state index in [1.807, 2.05) is 17.9 Å². The average Bonchev–Trinajstić information content (AvgIpc) is 3.40. The molecule has 3 aromatic rings. The maximum atomic E-state index is 13.6. The van der Waals surface area contributed by atoms with Crippen LogP contribution in [0.1, 0.15) is 19.0 Å². The fourth-order valence-corrected chi connectivity index (χ4v) is 3.45. The van der Waals surface area contributed by atoms with Crippen LogP contribution in [0.3, 0.4) is 0 Å². The summed E-state index contributed by atoms with van der Waals surface area (Å²) in [6, 6.07) is 8.19. The minimum Gasteiger partial charge on any atom is -0.478 e. The van der Waals surface area contributed by atoms with Gasteiger partial charge in [0.25, 0.3) is 0 Å². The highest BCUT2D eigenvalue weighted by Crippen LogP contribution is 2.23. The molecule has 0 aliphatic carbocycles. The molecule has 8 heteroatoms. The van der Waals surface area contributed by atoms with E-state index in [2.05, 4.69) is 32.1 Å². The number of anilines is 1. The number of nitrogens with zero attached hydrogens (tertiary/aromatic N) is 3. The van der Waals surface area contributed by atoms with Crippen LogP contribution >= 0.6 is 0 Å². The Morgan fingerprint density at radius 1 is 1.42 bits per heavy atom. The summed E-state index contributed by atoms with van der Waals surface area (Å²) in [6.45, 7) is 3.23. The summed E-state index contributed by atoms with van der Waals surface area (Å²) >= 11 is 0. The van der Waals surface area contributed by atoms with E-state index in [4.69, 9.17) is 4.74 Å². The maximum Gasteiger partial charge on any atom is 0.246 e. The van der Waals surface area contributed by atoms with Crippen molar-refractivity contribution in [3.05, 3.63) is 60.3 Å². The number of H-pyrrole nitrogens is 1. The Balaban J connectivity index is 1.42. The quantitative estimate of drug-likeness (QED) is 0.491. The number of hydrogen-bond acceptors (Lipinski definition) is 5. The molecule has 1 aliphatic heterocycles. The van der Waals surface area contributed by atoms with Crippen LogP contribution in [0.5, 0.6) is 5.75 Å². The Labute approximate surface area is 179 Å². The fraction of sp³-hybridized carbons (Fsp3) is 0.261. The Morgan fingerprint density at radius 3 is 3.13 bits per heavy atom. The number of para-hydroxylation sites is 1. The highest BCUT2D eigenvalue weighted by atomic mass is 19.1. The molecule has 0 spiro atoms. The second-order valence-corrected chi connectivity index (χ2v) is 7.10. The van der Waals surface area contributed by atoms with E-state index in [1.165, 1.54) is 12.4 Å². The van der Waals surface area contributed by atoms with Gasteiger partial charge in [-0.2, -0.15) is 0 Å². The van der Waals surface area contributed by atoms with Crippen molar-refractivity contribution in [1.29, 1.82) is 0 Å². The number of allylic oxidation sites excluding steroid dienone is 1. The Morgan fingerprint density at radius 2 is 2.29 bits per heavy atom. The van der Waals surface area contributed by atoms with Crippen molar-refractivity contribution in [1.82, 2.24) is 19.9 Å². The molecule has 0 unspecified atom stereocenters. The van der Waals surface area contributed by atoms with E-state index in [0.717, 1.165) is 11.8 Å². The Bertz CT molecular complexity index is 1180. The fourth-order valence-electron chi connectivity index (χ4n) is 3.45. The number of benzene rings is 1. The highest BCUT2D eigenvalue weighted by molar-refractivity contribution is 5.89. The van der Waals surface area contributed by atoms with Gasteiger partial charge < -0.3 is 19.9 Å². The van der Waals surface area contributed by atoms with Crippen LogP contribution in [0, 0.1) is 17.7 Å². The second kappa shape index (κ2) is 9.30. The molecule has 4 rings (SSSR count). The summed E-state index contributed by atoms with van der Waals surface area (Å²) in [5.41, 5.74) is 1.32. The number of halogens is 1. The molecule has 7 nitrogen and oxygen atoms in total. The minimum absolute atomic E-state index is 0.0245. The highest BCUT2D eigenvalue weighted by Gasteiger charge is 2.25. The first-order valence-electron chi connectivity index (χ1n) is 10.0. The molecule has 1 aromatic carbocycles. The molecule has 2 aromatic heterocycles. The molecule has 31 heavy (non-hydrogen) atoms. The van der Waals surface area contributed by atoms with Crippen molar-refractivity contribution >= 4 is 22.8 Å². The van der Waals surface area contributed by atoms with E-state index in [0.29, 0.717) is 30.2 Å². The summed E-state index contributed by atoms with van der Waals surface area (Å²) in [5, 5.41) is 4.23. The molecule has 3 heterocycles. The van der Waals surface area contributed by atoms with E-state index in [-0.39, 0.29) is 24.3 Å². The van der Waals surface area contributed by atoms with Crippen LogP contribution in [0.25, 0.3) is 11.0 Å². The molecule has 0 radical (unpaired) electrons. The smallest absolute Gasteiger partial charge is 0.246 e. The van der Waals surface area contributed by atoms with Crippen molar-refractivity contribution in [3.63, 3.8) is 0 Å². The second-order valence-electron chi connectivity index (χ2n) is 7.10. The number of aromatic nitrogens is 3. The number of carbonyl (C=O) groups excluding carboxylic acids is 1. The number of hydrogen-bond donors (Lipinski definition) is 2. The van der Waals surface area contributed by atoms with Gasteiger partial charge in [0.15, 0.2) is 11.6 Å². The predicted molar refractivity (Wildman–Crippen MR) is 116 cm³/mol. The third-order valence-corrected chi connectivity index (χ3v) is 4.94. The van der Waals surface area contributed by atoms with Crippen LogP contribution in [0.2, 0.25) is 0 Å². The van der Waals surface area contributed by atoms with Gasteiger partial charge in [-0.3, -0.25) is 4.79 Å². The number of ether oxygens (including phenoxy) is 1. The molecule has 1 atom stereocenters. The lowest BCUT2D eigenvalue weighted by Crippen LogP contribution is -2.30. The summed E-state index contributed by atoms with van der Waals surface area (Å²) in [5.74, 6) is 6.32. The normalized spacial score (nSPS) is 15.8. The summed E-state index contributed by atoms with van der Waals surface area (Å²) in [6.07, 6.45) is 5.66. The van der Waals surface area contributed by atoms with Crippen LogP contribution in [-0.4, -0.2) is 51.5 Å². The van der Waals surface area contributed by atoms with Crippen molar-refractivity contribution < 1.29 is 13.9 Å². The molecule has 0 saturated carbocycles. The molecule has 1 amide bonds. The van der Waals surface area contributed by atoms with Crippen LogP contribution in [-0.2, 0) is 4.79 Å². The largest absolute Gasteiger partial charge is 0.478 e. The molecule has 2 N–H and O–H groups in total. The van der Waals surface area contributed by atoms with Crippen LogP contribution in [0.15, 0.2) is 48.8 Å². The van der Waals surface area contributed by atoms with Gasteiger partial charge in [-0.05, 0) is 43.5 Å². The Hall–Kier alpha value is -3.86. The average molecular weight is 419 g/mol. The van der Waals surface area contributed by atoms with Gasteiger partial charge in [-0.15, -0.1) is 0 Å². The van der Waals surface area contributed by atoms with Crippen molar-refractivity contribution in [3.8, 4) is 17.6 Å². The van der Waals surface area contributed by atoms with E-state index in [9.17, 15) is 9.18 Å². The minimum atomic E-state index is -0.418. The number of likely N-dealkylation sites (tertiary alicyclic amines) is 1. The first-order valence-corrected chi connectivity index (χ1v) is 10.0. The first-order chi connectivity index (χ1) is 15.1. The van der Waals surface area contributed by atoms with Gasteiger partial charge in [0, 0.05) is 19.1 Å². The third-order valence-electron chi connectivity index (χ3n) is 4.94. The lowest BCUT2D eigenvalue weighted by atomic mass is 10.2. The van der Waals surface area contributed by atoms with E-state index >= 15 is 0 Å². The van der Waals surface area contributed by atoms with E-state index in [1.54, 1.807) is 30.4 Å². The van der Waals surface area contributed by atoms with Crippen molar-refractivity contribution in [2.45, 2.75) is 19.4 Å². The third kappa shape index (κ3) is 4.83. The summed E-state index contributed by atoms with van der Waals surface area (Å²) < 4.78 is 18.9.